The first-order valence-corrected chi connectivity index (χ1v) is 6.38. The first-order valence-electron chi connectivity index (χ1n) is 6.38. The summed E-state index contributed by atoms with van der Waals surface area (Å²) in [5.74, 6) is 3.38. The lowest BCUT2D eigenvalue weighted by molar-refractivity contribution is -0.119. The number of terminal acetylenes is 1. The number of amides is 1. The zero-order chi connectivity index (χ0) is 14.4. The lowest BCUT2D eigenvalue weighted by Crippen LogP contribution is -2.30. The maximum Gasteiger partial charge on any atom is 0.254 e. The molecule has 0 saturated heterocycles. The molecule has 0 atom stereocenters. The minimum atomic E-state index is -0.176. The largest absolute Gasteiger partial charge is 0.361 e. The number of rotatable bonds is 6. The third-order valence-corrected chi connectivity index (χ3v) is 2.63. The van der Waals surface area contributed by atoms with Crippen LogP contribution in [0.2, 0.25) is 0 Å². The highest BCUT2D eigenvalue weighted by atomic mass is 16.1. The molecule has 0 unspecified atom stereocenters. The first kappa shape index (κ1) is 13.8. The van der Waals surface area contributed by atoms with Gasteiger partial charge in [0.2, 0.25) is 5.91 Å². The van der Waals surface area contributed by atoms with Gasteiger partial charge < -0.3 is 10.6 Å². The van der Waals surface area contributed by atoms with E-state index in [4.69, 9.17) is 6.42 Å². The number of nitrogens with zero attached hydrogens (tertiary/aromatic N) is 4. The number of hydrogen-bond acceptors (Lipinski definition) is 5. The average Bonchev–Trinajstić information content (AvgIpc) is 2.91. The molecule has 0 bridgehead atoms. The maximum atomic E-state index is 11.5. The van der Waals surface area contributed by atoms with Gasteiger partial charge in [0.05, 0.1) is 13.1 Å². The van der Waals surface area contributed by atoms with E-state index in [2.05, 4.69) is 38.5 Å². The third kappa shape index (κ3) is 3.23. The van der Waals surface area contributed by atoms with Crippen molar-refractivity contribution in [3.05, 3.63) is 18.1 Å². The average molecular weight is 272 g/mol. The normalized spacial score (nSPS) is 10.2. The van der Waals surface area contributed by atoms with Crippen LogP contribution in [0.25, 0.3) is 5.78 Å². The summed E-state index contributed by atoms with van der Waals surface area (Å²) in [6.45, 7) is 2.42. The summed E-state index contributed by atoms with van der Waals surface area (Å²) in [7, 11) is 0. The van der Waals surface area contributed by atoms with Crippen LogP contribution in [0.5, 0.6) is 0 Å². The second-order valence-corrected chi connectivity index (χ2v) is 4.19. The summed E-state index contributed by atoms with van der Waals surface area (Å²) < 4.78 is 1.56. The van der Waals surface area contributed by atoms with Gasteiger partial charge in [0.25, 0.3) is 5.78 Å². The van der Waals surface area contributed by atoms with E-state index in [-0.39, 0.29) is 19.0 Å². The fourth-order valence-electron chi connectivity index (χ4n) is 1.75. The molecule has 2 heterocycles. The van der Waals surface area contributed by atoms with Crippen LogP contribution in [0, 0.1) is 12.3 Å². The molecule has 0 aromatic carbocycles. The molecule has 0 aliphatic heterocycles. The van der Waals surface area contributed by atoms with E-state index in [0.29, 0.717) is 11.6 Å². The van der Waals surface area contributed by atoms with Gasteiger partial charge in [0.15, 0.2) is 0 Å². The summed E-state index contributed by atoms with van der Waals surface area (Å²) in [6.07, 6.45) is 8.35. The Morgan fingerprint density at radius 3 is 3.15 bits per heavy atom. The molecule has 20 heavy (non-hydrogen) atoms. The van der Waals surface area contributed by atoms with Crippen LogP contribution >= 0.6 is 0 Å². The topological polar surface area (TPSA) is 84.2 Å². The molecule has 0 aliphatic carbocycles. The molecule has 7 heteroatoms. The third-order valence-electron chi connectivity index (χ3n) is 2.63. The first-order chi connectivity index (χ1) is 9.74. The zero-order valence-corrected chi connectivity index (χ0v) is 11.3. The summed E-state index contributed by atoms with van der Waals surface area (Å²) >= 11 is 0. The van der Waals surface area contributed by atoms with Crippen LogP contribution in [0.15, 0.2) is 12.4 Å². The molecular formula is C13H16N6O. The van der Waals surface area contributed by atoms with E-state index in [1.807, 2.05) is 6.07 Å². The van der Waals surface area contributed by atoms with Crippen molar-refractivity contribution in [2.75, 3.05) is 18.4 Å². The molecule has 0 aliphatic rings. The fraction of sp³-hybridized carbons (Fsp3) is 0.385. The van der Waals surface area contributed by atoms with Gasteiger partial charge >= 0.3 is 0 Å². The molecule has 2 aromatic heterocycles. The second kappa shape index (κ2) is 6.52. The van der Waals surface area contributed by atoms with Crippen molar-refractivity contribution in [1.82, 2.24) is 24.9 Å². The SMILES string of the molecule is C#CCNC(=O)CNc1cc(CCC)nc2ncnn12. The molecule has 0 spiro atoms. The number of hydrogen-bond donors (Lipinski definition) is 2. The Labute approximate surface area is 116 Å². The van der Waals surface area contributed by atoms with Crippen LogP contribution in [0.3, 0.4) is 0 Å². The Balaban J connectivity index is 2.13. The van der Waals surface area contributed by atoms with Crippen molar-refractivity contribution in [1.29, 1.82) is 0 Å². The van der Waals surface area contributed by atoms with Gasteiger partial charge in [0.1, 0.15) is 12.1 Å². The Hall–Kier alpha value is -2.62. The van der Waals surface area contributed by atoms with Gasteiger partial charge in [-0.1, -0.05) is 19.3 Å². The predicted molar refractivity (Wildman–Crippen MR) is 75.1 cm³/mol. The Morgan fingerprint density at radius 2 is 2.40 bits per heavy atom. The van der Waals surface area contributed by atoms with Crippen molar-refractivity contribution in [2.24, 2.45) is 0 Å². The highest BCUT2D eigenvalue weighted by Gasteiger charge is 2.08. The maximum absolute atomic E-state index is 11.5. The van der Waals surface area contributed by atoms with Gasteiger partial charge in [-0.2, -0.15) is 14.6 Å². The fourth-order valence-corrected chi connectivity index (χ4v) is 1.75. The summed E-state index contributed by atoms with van der Waals surface area (Å²) in [5, 5.41) is 9.68. The van der Waals surface area contributed by atoms with Crippen molar-refractivity contribution >= 4 is 17.5 Å². The van der Waals surface area contributed by atoms with E-state index < -0.39 is 0 Å². The van der Waals surface area contributed by atoms with Crippen LogP contribution in [-0.4, -0.2) is 38.6 Å². The molecule has 0 fully saturated rings. The van der Waals surface area contributed by atoms with E-state index >= 15 is 0 Å². The molecule has 2 rings (SSSR count). The molecule has 7 nitrogen and oxygen atoms in total. The molecular weight excluding hydrogens is 256 g/mol. The molecule has 2 N–H and O–H groups in total. The van der Waals surface area contributed by atoms with Crippen LogP contribution in [0.4, 0.5) is 5.82 Å². The summed E-state index contributed by atoms with van der Waals surface area (Å²) in [6, 6.07) is 1.87. The summed E-state index contributed by atoms with van der Waals surface area (Å²) in [4.78, 5) is 20.0. The Kier molecular flexibility index (Phi) is 4.50. The van der Waals surface area contributed by atoms with Gasteiger partial charge in [-0.3, -0.25) is 4.79 Å². The zero-order valence-electron chi connectivity index (χ0n) is 11.3. The van der Waals surface area contributed by atoms with Crippen molar-refractivity contribution < 1.29 is 4.79 Å². The highest BCUT2D eigenvalue weighted by molar-refractivity contribution is 5.80. The van der Waals surface area contributed by atoms with Crippen LogP contribution < -0.4 is 10.6 Å². The number of aryl methyl sites for hydroxylation is 1. The summed E-state index contributed by atoms with van der Waals surface area (Å²) in [5.41, 5.74) is 0.916. The number of anilines is 1. The minimum Gasteiger partial charge on any atom is -0.361 e. The van der Waals surface area contributed by atoms with Crippen molar-refractivity contribution in [2.45, 2.75) is 19.8 Å². The number of carbonyl (C=O) groups excluding carboxylic acids is 1. The minimum absolute atomic E-state index is 0.117. The van der Waals surface area contributed by atoms with Crippen molar-refractivity contribution in [3.63, 3.8) is 0 Å². The molecule has 2 aromatic rings. The quantitative estimate of drug-likeness (QED) is 0.736. The lowest BCUT2D eigenvalue weighted by atomic mass is 10.2. The number of nitrogens with one attached hydrogen (secondary N) is 2. The van der Waals surface area contributed by atoms with E-state index in [1.54, 1.807) is 4.52 Å². The smallest absolute Gasteiger partial charge is 0.254 e. The number of carbonyl (C=O) groups is 1. The molecule has 1 amide bonds. The number of fused-ring (bicyclic) bond motifs is 1. The predicted octanol–water partition coefficient (Wildman–Crippen LogP) is 0.238. The van der Waals surface area contributed by atoms with E-state index in [0.717, 1.165) is 18.5 Å². The van der Waals surface area contributed by atoms with Gasteiger partial charge in [0, 0.05) is 11.8 Å². The monoisotopic (exact) mass is 272 g/mol. The van der Waals surface area contributed by atoms with E-state index in [1.165, 1.54) is 6.33 Å². The van der Waals surface area contributed by atoms with Gasteiger partial charge in [-0.05, 0) is 6.42 Å². The van der Waals surface area contributed by atoms with Gasteiger partial charge in [-0.25, -0.2) is 4.98 Å². The Morgan fingerprint density at radius 1 is 1.55 bits per heavy atom. The van der Waals surface area contributed by atoms with Crippen molar-refractivity contribution in [3.8, 4) is 12.3 Å². The second-order valence-electron chi connectivity index (χ2n) is 4.19. The van der Waals surface area contributed by atoms with E-state index in [9.17, 15) is 4.79 Å². The van der Waals surface area contributed by atoms with Crippen LogP contribution in [0.1, 0.15) is 19.0 Å². The molecule has 0 saturated carbocycles. The van der Waals surface area contributed by atoms with Gasteiger partial charge in [-0.15, -0.1) is 6.42 Å². The highest BCUT2D eigenvalue weighted by Crippen LogP contribution is 2.11. The molecule has 104 valence electrons. The standard InChI is InChI=1S/C13H16N6O/c1-3-5-10-7-11(15-8-12(20)14-6-4-2)19-13(18-10)16-9-17-19/h2,7,9,15H,3,5-6,8H2,1H3,(H,14,20). The Bertz CT molecular complexity index is 642. The lowest BCUT2D eigenvalue weighted by Gasteiger charge is -2.09. The van der Waals surface area contributed by atoms with Crippen LogP contribution in [-0.2, 0) is 11.2 Å². The number of aromatic nitrogens is 4. The molecule has 0 radical (unpaired) electrons.